The van der Waals surface area contributed by atoms with E-state index in [1.807, 2.05) is 11.9 Å². The Morgan fingerprint density at radius 3 is 1.40 bits per heavy atom. The van der Waals surface area contributed by atoms with Gasteiger partial charge < -0.3 is 34.1 Å². The third kappa shape index (κ3) is 10.4. The van der Waals surface area contributed by atoms with Gasteiger partial charge in [0.05, 0.1) is 13.2 Å². The van der Waals surface area contributed by atoms with Gasteiger partial charge in [-0.3, -0.25) is 19.3 Å². The van der Waals surface area contributed by atoms with Gasteiger partial charge in [-0.05, 0) is 119 Å². The zero-order valence-corrected chi connectivity index (χ0v) is 27.6. The monoisotopic (exact) mass is 605 g/mol. The molecule has 6 aliphatic rings. The van der Waals surface area contributed by atoms with Gasteiger partial charge in [-0.2, -0.15) is 0 Å². The maximum Gasteiger partial charge on any atom is 0.248 e. The number of hydrogen-bond donors (Lipinski definition) is 0. The average molecular weight is 606 g/mol. The molecule has 3 amide bonds. The van der Waals surface area contributed by atoms with Gasteiger partial charge in [0.25, 0.3) is 0 Å². The summed E-state index contributed by atoms with van der Waals surface area (Å²) in [7, 11) is 8.47. The number of hydrogen-bond acceptors (Lipinski definition) is 8. The van der Waals surface area contributed by atoms with Crippen LogP contribution in [0.2, 0.25) is 0 Å². The van der Waals surface area contributed by atoms with E-state index < -0.39 is 0 Å². The number of likely N-dealkylation sites (tertiary alicyclic amines) is 4. The minimum Gasteiger partial charge on any atom is -0.370 e. The molecule has 0 N–H and O–H groups in total. The fourth-order valence-electron chi connectivity index (χ4n) is 7.24. The lowest BCUT2D eigenvalue weighted by atomic mass is 10.00. The topological polar surface area (TPSA) is 83.1 Å². The fourth-order valence-corrected chi connectivity index (χ4v) is 7.24. The Labute approximate surface area is 260 Å². The zero-order valence-electron chi connectivity index (χ0n) is 27.6. The van der Waals surface area contributed by atoms with Crippen LogP contribution in [-0.4, -0.2) is 184 Å². The number of ether oxygens (including phenoxy) is 1. The Bertz CT molecular complexity index is 837. The zero-order chi connectivity index (χ0) is 30.8. The first-order valence-corrected chi connectivity index (χ1v) is 16.9. The molecule has 0 atom stereocenters. The lowest BCUT2D eigenvalue weighted by Crippen LogP contribution is -2.55. The molecule has 0 unspecified atom stereocenters. The second kappa shape index (κ2) is 17.1. The van der Waals surface area contributed by atoms with Crippen LogP contribution in [0.5, 0.6) is 0 Å². The van der Waals surface area contributed by atoms with Crippen LogP contribution in [0.1, 0.15) is 57.8 Å². The molecule has 0 aromatic rings. The number of amides is 3. The molecule has 0 aromatic heterocycles. The Balaban J connectivity index is 0.000000148. The number of piperazine rings is 1. The van der Waals surface area contributed by atoms with Crippen LogP contribution in [0.15, 0.2) is 0 Å². The van der Waals surface area contributed by atoms with Crippen LogP contribution in [0.25, 0.3) is 0 Å². The molecule has 6 saturated heterocycles. The lowest BCUT2D eigenvalue weighted by molar-refractivity contribution is -0.146. The molecule has 0 saturated carbocycles. The van der Waals surface area contributed by atoms with E-state index in [4.69, 9.17) is 4.74 Å². The van der Waals surface area contributed by atoms with Crippen molar-refractivity contribution >= 4 is 17.7 Å². The smallest absolute Gasteiger partial charge is 0.248 e. The van der Waals surface area contributed by atoms with E-state index in [0.29, 0.717) is 43.1 Å². The standard InChI is InChI=1S/C11H21N3O.C11H20N2O.C10H18N2O2/c1-12-5-3-10(4-6-12)14-8-7-13(2)9-11(14)15;1-12-8-5-10(6-9-12)13-7-3-2-4-11(13)14;1-11-4-2-9(3-5-11)12-6-7-14-8-10(12)13/h10H,3-9H2,1-2H3;10H,2-9H2,1H3;9H,2-8H2,1H3. The minimum absolute atomic E-state index is 0.172. The summed E-state index contributed by atoms with van der Waals surface area (Å²) in [6.45, 7) is 12.1. The van der Waals surface area contributed by atoms with Crippen molar-refractivity contribution in [1.29, 1.82) is 0 Å². The second-order valence-corrected chi connectivity index (χ2v) is 13.6. The highest BCUT2D eigenvalue weighted by molar-refractivity contribution is 5.79. The molecular weight excluding hydrogens is 546 g/mol. The summed E-state index contributed by atoms with van der Waals surface area (Å²) in [4.78, 5) is 50.5. The lowest BCUT2D eigenvalue weighted by Gasteiger charge is -2.41. The molecule has 11 nitrogen and oxygen atoms in total. The van der Waals surface area contributed by atoms with Crippen LogP contribution < -0.4 is 0 Å². The van der Waals surface area contributed by atoms with E-state index in [-0.39, 0.29) is 12.5 Å². The summed E-state index contributed by atoms with van der Waals surface area (Å²) in [5.41, 5.74) is 0. The summed E-state index contributed by atoms with van der Waals surface area (Å²) < 4.78 is 5.12. The van der Waals surface area contributed by atoms with Gasteiger partial charge in [0, 0.05) is 50.7 Å². The van der Waals surface area contributed by atoms with Gasteiger partial charge in [0.1, 0.15) is 6.61 Å². The maximum atomic E-state index is 11.9. The van der Waals surface area contributed by atoms with E-state index in [0.717, 1.165) is 104 Å². The first-order valence-electron chi connectivity index (χ1n) is 16.9. The van der Waals surface area contributed by atoms with Gasteiger partial charge in [-0.15, -0.1) is 0 Å². The highest BCUT2D eigenvalue weighted by Crippen LogP contribution is 2.21. The molecule has 0 bridgehead atoms. The molecule has 6 fully saturated rings. The highest BCUT2D eigenvalue weighted by atomic mass is 16.5. The van der Waals surface area contributed by atoms with E-state index in [1.165, 1.54) is 19.3 Å². The predicted molar refractivity (Wildman–Crippen MR) is 169 cm³/mol. The summed E-state index contributed by atoms with van der Waals surface area (Å²) >= 11 is 0. The molecule has 0 aliphatic carbocycles. The Morgan fingerprint density at radius 2 is 0.953 bits per heavy atom. The summed E-state index contributed by atoms with van der Waals surface area (Å²) in [5, 5.41) is 0. The van der Waals surface area contributed by atoms with Crippen molar-refractivity contribution in [1.82, 2.24) is 34.3 Å². The van der Waals surface area contributed by atoms with E-state index in [2.05, 4.69) is 50.5 Å². The molecule has 0 aromatic carbocycles. The van der Waals surface area contributed by atoms with Crippen molar-refractivity contribution in [2.75, 3.05) is 113 Å². The van der Waals surface area contributed by atoms with Gasteiger partial charge in [0.2, 0.25) is 17.7 Å². The molecule has 6 heterocycles. The number of carbonyl (C=O) groups excluding carboxylic acids is 3. The third-order valence-corrected chi connectivity index (χ3v) is 10.2. The molecule has 43 heavy (non-hydrogen) atoms. The quantitative estimate of drug-likeness (QED) is 0.469. The SMILES string of the molecule is CN1CCC(N2CCCCC2=O)CC1.CN1CCC(N2CCN(C)CC2=O)CC1.CN1CCC(N2CCOCC2=O)CC1. The molecule has 6 rings (SSSR count). The van der Waals surface area contributed by atoms with Crippen molar-refractivity contribution in [3.63, 3.8) is 0 Å². The highest BCUT2D eigenvalue weighted by Gasteiger charge is 2.31. The molecule has 0 spiro atoms. The van der Waals surface area contributed by atoms with Crippen molar-refractivity contribution in [3.8, 4) is 0 Å². The van der Waals surface area contributed by atoms with Crippen LogP contribution in [0.3, 0.4) is 0 Å². The summed E-state index contributed by atoms with van der Waals surface area (Å²) in [6, 6.07) is 1.50. The van der Waals surface area contributed by atoms with Crippen LogP contribution in [-0.2, 0) is 19.1 Å². The van der Waals surface area contributed by atoms with Gasteiger partial charge in [0.15, 0.2) is 0 Å². The predicted octanol–water partition coefficient (Wildman–Crippen LogP) is 0.887. The van der Waals surface area contributed by atoms with Crippen LogP contribution in [0, 0.1) is 0 Å². The summed E-state index contributed by atoms with van der Waals surface area (Å²) in [5.74, 6) is 0.884. The van der Waals surface area contributed by atoms with Gasteiger partial charge in [-0.25, -0.2) is 0 Å². The van der Waals surface area contributed by atoms with Crippen molar-refractivity contribution in [2.24, 2.45) is 0 Å². The van der Waals surface area contributed by atoms with E-state index in [1.54, 1.807) is 0 Å². The Kier molecular flexibility index (Phi) is 13.5. The van der Waals surface area contributed by atoms with Gasteiger partial charge in [-0.1, -0.05) is 0 Å². The molecule has 11 heteroatoms. The molecular formula is C32H59N7O4. The second-order valence-electron chi connectivity index (χ2n) is 13.6. The first kappa shape index (κ1) is 34.1. The first-order chi connectivity index (χ1) is 20.7. The molecule has 0 radical (unpaired) electrons. The van der Waals surface area contributed by atoms with Crippen LogP contribution in [0.4, 0.5) is 0 Å². The number of piperidine rings is 4. The van der Waals surface area contributed by atoms with E-state index >= 15 is 0 Å². The van der Waals surface area contributed by atoms with Crippen molar-refractivity contribution < 1.29 is 19.1 Å². The Morgan fingerprint density at radius 1 is 0.488 bits per heavy atom. The minimum atomic E-state index is 0.172. The third-order valence-electron chi connectivity index (χ3n) is 10.2. The number of morpholine rings is 1. The normalized spacial score (nSPS) is 27.1. The Hall–Kier alpha value is -1.79. The largest absolute Gasteiger partial charge is 0.370 e. The van der Waals surface area contributed by atoms with Gasteiger partial charge >= 0.3 is 0 Å². The fraction of sp³-hybridized carbons (Fsp3) is 0.906. The number of nitrogens with zero attached hydrogens (tertiary/aromatic N) is 7. The maximum absolute atomic E-state index is 11.9. The van der Waals surface area contributed by atoms with Crippen molar-refractivity contribution in [2.45, 2.75) is 75.9 Å². The number of rotatable bonds is 3. The average Bonchev–Trinajstić information content (AvgIpc) is 3.00. The van der Waals surface area contributed by atoms with E-state index in [9.17, 15) is 14.4 Å². The van der Waals surface area contributed by atoms with Crippen molar-refractivity contribution in [3.05, 3.63) is 0 Å². The molecule has 6 aliphatic heterocycles. The van der Waals surface area contributed by atoms with Crippen LogP contribution >= 0.6 is 0 Å². The number of likely N-dealkylation sites (N-methyl/N-ethyl adjacent to an activating group) is 1. The number of carbonyl (C=O) groups is 3. The summed E-state index contributed by atoms with van der Waals surface area (Å²) in [6.07, 6.45) is 9.94. The molecule has 246 valence electrons.